The van der Waals surface area contributed by atoms with E-state index in [-0.39, 0.29) is 30.4 Å². The molecule has 0 aromatic rings. The lowest BCUT2D eigenvalue weighted by Crippen LogP contribution is -2.43. The van der Waals surface area contributed by atoms with Crippen molar-refractivity contribution in [2.75, 3.05) is 26.2 Å². The van der Waals surface area contributed by atoms with Crippen molar-refractivity contribution in [2.45, 2.75) is 39.2 Å². The average molecular weight is 268 g/mol. The van der Waals surface area contributed by atoms with Crippen molar-refractivity contribution in [3.8, 4) is 0 Å². The van der Waals surface area contributed by atoms with Crippen LogP contribution < -0.4 is 0 Å². The minimum Gasteiger partial charge on any atom is -0.396 e. The Balaban J connectivity index is 1.89. The van der Waals surface area contributed by atoms with Crippen LogP contribution in [0.15, 0.2) is 0 Å². The third-order valence-electron chi connectivity index (χ3n) is 4.32. The second-order valence-electron chi connectivity index (χ2n) is 5.99. The number of carbonyl (C=O) groups is 2. The second-order valence-corrected chi connectivity index (χ2v) is 5.99. The van der Waals surface area contributed by atoms with Crippen LogP contribution in [-0.4, -0.2) is 59.0 Å². The van der Waals surface area contributed by atoms with E-state index in [0.717, 1.165) is 25.9 Å². The van der Waals surface area contributed by atoms with E-state index in [1.54, 1.807) is 4.90 Å². The standard InChI is InChI=1S/C14H24N2O3/c1-10(2)16-8-12(7-13(16)18)14(19)15-5-3-11(9-17)4-6-15/h10-12,17H,3-9H2,1-2H3. The van der Waals surface area contributed by atoms with Crippen molar-refractivity contribution in [2.24, 2.45) is 11.8 Å². The molecule has 2 amide bonds. The normalized spacial score (nSPS) is 25.5. The van der Waals surface area contributed by atoms with Gasteiger partial charge in [-0.1, -0.05) is 0 Å². The van der Waals surface area contributed by atoms with E-state index in [4.69, 9.17) is 5.11 Å². The Bertz CT molecular complexity index is 349. The van der Waals surface area contributed by atoms with Gasteiger partial charge < -0.3 is 14.9 Å². The average Bonchev–Trinajstić information content (AvgIpc) is 2.80. The van der Waals surface area contributed by atoms with Gasteiger partial charge in [0.15, 0.2) is 0 Å². The van der Waals surface area contributed by atoms with E-state index < -0.39 is 0 Å². The van der Waals surface area contributed by atoms with Crippen LogP contribution in [0.5, 0.6) is 0 Å². The molecule has 0 aliphatic carbocycles. The molecule has 0 spiro atoms. The lowest BCUT2D eigenvalue weighted by molar-refractivity contribution is -0.137. The highest BCUT2D eigenvalue weighted by Crippen LogP contribution is 2.24. The highest BCUT2D eigenvalue weighted by molar-refractivity contribution is 5.89. The van der Waals surface area contributed by atoms with Gasteiger partial charge in [-0.15, -0.1) is 0 Å². The second kappa shape index (κ2) is 5.90. The first-order chi connectivity index (χ1) is 9.02. The third kappa shape index (κ3) is 3.08. The molecular formula is C14H24N2O3. The van der Waals surface area contributed by atoms with Crippen LogP contribution >= 0.6 is 0 Å². The number of nitrogens with zero attached hydrogens (tertiary/aromatic N) is 2. The first kappa shape index (κ1) is 14.3. The van der Waals surface area contributed by atoms with Crippen molar-refractivity contribution in [3.05, 3.63) is 0 Å². The van der Waals surface area contributed by atoms with E-state index in [2.05, 4.69) is 0 Å². The smallest absolute Gasteiger partial charge is 0.227 e. The summed E-state index contributed by atoms with van der Waals surface area (Å²) in [6.45, 7) is 6.18. The van der Waals surface area contributed by atoms with Gasteiger partial charge >= 0.3 is 0 Å². The van der Waals surface area contributed by atoms with Crippen LogP contribution in [0, 0.1) is 11.8 Å². The largest absolute Gasteiger partial charge is 0.396 e. The predicted octanol–water partition coefficient (Wildman–Crippen LogP) is 0.474. The molecule has 5 nitrogen and oxygen atoms in total. The number of hydrogen-bond donors (Lipinski definition) is 1. The zero-order valence-corrected chi connectivity index (χ0v) is 11.8. The molecule has 5 heteroatoms. The van der Waals surface area contributed by atoms with Crippen LogP contribution in [0.3, 0.4) is 0 Å². The Morgan fingerprint density at radius 1 is 1.37 bits per heavy atom. The SMILES string of the molecule is CC(C)N1CC(C(=O)N2CCC(CO)CC2)CC1=O. The maximum atomic E-state index is 12.4. The van der Waals surface area contributed by atoms with Crippen molar-refractivity contribution in [3.63, 3.8) is 0 Å². The molecule has 108 valence electrons. The predicted molar refractivity (Wildman–Crippen MR) is 71.3 cm³/mol. The Hall–Kier alpha value is -1.10. The Kier molecular flexibility index (Phi) is 4.45. The number of amides is 2. The summed E-state index contributed by atoms with van der Waals surface area (Å²) in [4.78, 5) is 27.9. The molecule has 2 saturated heterocycles. The highest BCUT2D eigenvalue weighted by Gasteiger charge is 2.38. The molecular weight excluding hydrogens is 244 g/mol. The fourth-order valence-corrected chi connectivity index (χ4v) is 2.99. The van der Waals surface area contributed by atoms with Crippen LogP contribution in [0.2, 0.25) is 0 Å². The minimum absolute atomic E-state index is 0.0959. The molecule has 0 radical (unpaired) electrons. The van der Waals surface area contributed by atoms with Gasteiger partial charge in [0.1, 0.15) is 0 Å². The molecule has 1 unspecified atom stereocenters. The molecule has 0 aromatic heterocycles. The number of hydrogen-bond acceptors (Lipinski definition) is 3. The Morgan fingerprint density at radius 3 is 2.47 bits per heavy atom. The summed E-state index contributed by atoms with van der Waals surface area (Å²) in [5.41, 5.74) is 0. The Morgan fingerprint density at radius 2 is 2.00 bits per heavy atom. The summed E-state index contributed by atoms with van der Waals surface area (Å²) >= 11 is 0. The Labute approximate surface area is 114 Å². The summed E-state index contributed by atoms with van der Waals surface area (Å²) in [5.74, 6) is 0.383. The monoisotopic (exact) mass is 268 g/mol. The highest BCUT2D eigenvalue weighted by atomic mass is 16.3. The summed E-state index contributed by atoms with van der Waals surface area (Å²) in [6, 6.07) is 0.172. The molecule has 2 fully saturated rings. The number of piperidine rings is 1. The number of rotatable bonds is 3. The van der Waals surface area contributed by atoms with Crippen molar-refractivity contribution < 1.29 is 14.7 Å². The molecule has 2 rings (SSSR count). The molecule has 0 bridgehead atoms. The van der Waals surface area contributed by atoms with Crippen LogP contribution in [0.1, 0.15) is 33.1 Å². The number of carbonyl (C=O) groups excluding carboxylic acids is 2. The zero-order chi connectivity index (χ0) is 14.0. The van der Waals surface area contributed by atoms with Crippen molar-refractivity contribution >= 4 is 11.8 Å². The van der Waals surface area contributed by atoms with Crippen molar-refractivity contribution in [1.82, 2.24) is 9.80 Å². The fraction of sp³-hybridized carbons (Fsp3) is 0.857. The maximum Gasteiger partial charge on any atom is 0.227 e. The van der Waals surface area contributed by atoms with Gasteiger partial charge in [0.2, 0.25) is 11.8 Å². The molecule has 19 heavy (non-hydrogen) atoms. The number of likely N-dealkylation sites (tertiary alicyclic amines) is 2. The van der Waals surface area contributed by atoms with E-state index in [0.29, 0.717) is 18.9 Å². The molecule has 0 saturated carbocycles. The molecule has 2 aliphatic rings. The molecule has 1 N–H and O–H groups in total. The molecule has 0 aromatic carbocycles. The first-order valence-electron chi connectivity index (χ1n) is 7.22. The molecule has 2 heterocycles. The van der Waals surface area contributed by atoms with Gasteiger partial charge in [-0.05, 0) is 32.6 Å². The van der Waals surface area contributed by atoms with E-state index in [9.17, 15) is 9.59 Å². The number of aliphatic hydroxyl groups excluding tert-OH is 1. The summed E-state index contributed by atoms with van der Waals surface area (Å²) in [7, 11) is 0. The van der Waals surface area contributed by atoms with Gasteiger partial charge in [0.25, 0.3) is 0 Å². The maximum absolute atomic E-state index is 12.4. The molecule has 1 atom stereocenters. The van der Waals surface area contributed by atoms with Gasteiger partial charge in [-0.3, -0.25) is 9.59 Å². The lowest BCUT2D eigenvalue weighted by atomic mass is 9.96. The van der Waals surface area contributed by atoms with Gasteiger partial charge in [-0.25, -0.2) is 0 Å². The zero-order valence-electron chi connectivity index (χ0n) is 11.8. The summed E-state index contributed by atoms with van der Waals surface area (Å²) in [5, 5.41) is 9.10. The topological polar surface area (TPSA) is 60.9 Å². The first-order valence-corrected chi connectivity index (χ1v) is 7.22. The van der Waals surface area contributed by atoms with Crippen LogP contribution in [-0.2, 0) is 9.59 Å². The molecule has 2 aliphatic heterocycles. The van der Waals surface area contributed by atoms with Crippen molar-refractivity contribution in [1.29, 1.82) is 0 Å². The fourth-order valence-electron chi connectivity index (χ4n) is 2.99. The third-order valence-corrected chi connectivity index (χ3v) is 4.32. The summed E-state index contributed by atoms with van der Waals surface area (Å²) in [6.07, 6.45) is 2.10. The van der Waals surface area contributed by atoms with Crippen LogP contribution in [0.4, 0.5) is 0 Å². The number of aliphatic hydroxyl groups is 1. The lowest BCUT2D eigenvalue weighted by Gasteiger charge is -2.32. The quantitative estimate of drug-likeness (QED) is 0.809. The van der Waals surface area contributed by atoms with Crippen LogP contribution in [0.25, 0.3) is 0 Å². The minimum atomic E-state index is -0.166. The van der Waals surface area contributed by atoms with E-state index in [1.165, 1.54) is 0 Å². The van der Waals surface area contributed by atoms with Gasteiger partial charge in [0.05, 0.1) is 5.92 Å². The van der Waals surface area contributed by atoms with E-state index >= 15 is 0 Å². The van der Waals surface area contributed by atoms with Gasteiger partial charge in [-0.2, -0.15) is 0 Å². The summed E-state index contributed by atoms with van der Waals surface area (Å²) < 4.78 is 0. The van der Waals surface area contributed by atoms with Gasteiger partial charge in [0, 0.05) is 38.7 Å². The van der Waals surface area contributed by atoms with E-state index in [1.807, 2.05) is 18.7 Å².